The van der Waals surface area contributed by atoms with Gasteiger partial charge >= 0.3 is 0 Å². The Bertz CT molecular complexity index is 1160. The molecule has 1 saturated heterocycles. The molecule has 0 N–H and O–H groups in total. The van der Waals surface area contributed by atoms with Crippen molar-refractivity contribution in [3.05, 3.63) is 64.8 Å². The molecule has 0 bridgehead atoms. The lowest BCUT2D eigenvalue weighted by Crippen LogP contribution is -2.30. The van der Waals surface area contributed by atoms with Gasteiger partial charge in [-0.05, 0) is 47.9 Å². The van der Waals surface area contributed by atoms with Gasteiger partial charge in [0.05, 0.1) is 30.2 Å². The molecule has 1 aliphatic heterocycles. The highest BCUT2D eigenvalue weighted by Crippen LogP contribution is 2.33. The summed E-state index contributed by atoms with van der Waals surface area (Å²) < 4.78 is 11.2. The largest absolute Gasteiger partial charge is 0.493 e. The molecule has 0 unspecified atom stereocenters. The number of hydrogen-bond donors (Lipinski definition) is 0. The standard InChI is InChI=1S/C22H19N3O3S2/c1-27-18-6-4-14(12-19(18)28-2)7-10-25-21(26)20(30-22(25)29)13-15-3-5-16-17(11-15)24-9-8-23-16/h3-6,8-9,11-13H,7,10H2,1-2H3/b20-13-. The molecular weight excluding hydrogens is 418 g/mol. The number of hydrogen-bond acceptors (Lipinski definition) is 7. The van der Waals surface area contributed by atoms with Gasteiger partial charge in [-0.1, -0.05) is 36.1 Å². The van der Waals surface area contributed by atoms with Gasteiger partial charge in [0.2, 0.25) is 0 Å². The number of amides is 1. The summed E-state index contributed by atoms with van der Waals surface area (Å²) >= 11 is 6.77. The predicted octanol–water partition coefficient (Wildman–Crippen LogP) is 4.09. The molecule has 1 fully saturated rings. The van der Waals surface area contributed by atoms with Gasteiger partial charge in [0.15, 0.2) is 11.5 Å². The van der Waals surface area contributed by atoms with E-state index in [0.717, 1.165) is 22.2 Å². The molecule has 152 valence electrons. The summed E-state index contributed by atoms with van der Waals surface area (Å²) in [4.78, 5) is 23.7. The third-order valence-corrected chi connectivity index (χ3v) is 6.11. The number of rotatable bonds is 6. The predicted molar refractivity (Wildman–Crippen MR) is 123 cm³/mol. The third-order valence-electron chi connectivity index (χ3n) is 4.74. The molecule has 1 aliphatic rings. The lowest BCUT2D eigenvalue weighted by Gasteiger charge is -2.15. The highest BCUT2D eigenvalue weighted by Gasteiger charge is 2.31. The highest BCUT2D eigenvalue weighted by atomic mass is 32.2. The number of thioether (sulfide) groups is 1. The van der Waals surface area contributed by atoms with E-state index in [9.17, 15) is 4.79 Å². The molecule has 30 heavy (non-hydrogen) atoms. The van der Waals surface area contributed by atoms with Gasteiger partial charge in [0, 0.05) is 18.9 Å². The van der Waals surface area contributed by atoms with E-state index in [1.165, 1.54) is 11.8 Å². The van der Waals surface area contributed by atoms with Crippen LogP contribution in [0, 0.1) is 0 Å². The van der Waals surface area contributed by atoms with Gasteiger partial charge < -0.3 is 9.47 Å². The molecule has 1 amide bonds. The molecule has 3 aromatic rings. The lowest BCUT2D eigenvalue weighted by atomic mass is 10.1. The van der Waals surface area contributed by atoms with Crippen LogP contribution < -0.4 is 9.47 Å². The van der Waals surface area contributed by atoms with E-state index in [-0.39, 0.29) is 5.91 Å². The quantitative estimate of drug-likeness (QED) is 0.425. The zero-order chi connectivity index (χ0) is 21.1. The average molecular weight is 438 g/mol. The van der Waals surface area contributed by atoms with Crippen LogP contribution in [0.25, 0.3) is 17.1 Å². The van der Waals surface area contributed by atoms with Crippen LogP contribution in [0.15, 0.2) is 53.7 Å². The molecule has 0 radical (unpaired) electrons. The van der Waals surface area contributed by atoms with Crippen molar-refractivity contribution < 1.29 is 14.3 Å². The van der Waals surface area contributed by atoms with E-state index in [4.69, 9.17) is 21.7 Å². The number of benzene rings is 2. The van der Waals surface area contributed by atoms with Gasteiger partial charge in [-0.2, -0.15) is 0 Å². The summed E-state index contributed by atoms with van der Waals surface area (Å²) in [5.74, 6) is 1.26. The van der Waals surface area contributed by atoms with Gasteiger partial charge in [-0.3, -0.25) is 19.7 Å². The minimum Gasteiger partial charge on any atom is -0.493 e. The second-order valence-electron chi connectivity index (χ2n) is 6.58. The number of thiocarbonyl (C=S) groups is 1. The molecule has 2 aromatic carbocycles. The van der Waals surface area contributed by atoms with E-state index in [2.05, 4.69) is 9.97 Å². The van der Waals surface area contributed by atoms with Gasteiger partial charge in [0.25, 0.3) is 5.91 Å². The first-order valence-corrected chi connectivity index (χ1v) is 10.5. The molecule has 0 spiro atoms. The first kappa shape index (κ1) is 20.3. The topological polar surface area (TPSA) is 64.5 Å². The van der Waals surface area contributed by atoms with Gasteiger partial charge in [0.1, 0.15) is 4.32 Å². The van der Waals surface area contributed by atoms with Crippen molar-refractivity contribution >= 4 is 51.3 Å². The Morgan fingerprint density at radius 2 is 1.80 bits per heavy atom. The molecule has 2 heterocycles. The van der Waals surface area contributed by atoms with Gasteiger partial charge in [-0.25, -0.2) is 0 Å². The van der Waals surface area contributed by atoms with Crippen molar-refractivity contribution in [2.75, 3.05) is 20.8 Å². The summed E-state index contributed by atoms with van der Waals surface area (Å²) in [6.07, 6.45) is 5.82. The van der Waals surface area contributed by atoms with Crippen LogP contribution in [-0.2, 0) is 11.2 Å². The number of carbonyl (C=O) groups is 1. The van der Waals surface area contributed by atoms with Crippen molar-refractivity contribution in [1.29, 1.82) is 0 Å². The Labute approximate surface area is 183 Å². The van der Waals surface area contributed by atoms with Crippen LogP contribution in [0.4, 0.5) is 0 Å². The van der Waals surface area contributed by atoms with E-state index in [1.54, 1.807) is 31.5 Å². The van der Waals surface area contributed by atoms with Crippen molar-refractivity contribution in [3.8, 4) is 11.5 Å². The number of ether oxygens (including phenoxy) is 2. The van der Waals surface area contributed by atoms with Crippen molar-refractivity contribution in [3.63, 3.8) is 0 Å². The summed E-state index contributed by atoms with van der Waals surface area (Å²) in [7, 11) is 3.21. The minimum atomic E-state index is -0.0790. The second kappa shape index (κ2) is 8.81. The van der Waals surface area contributed by atoms with E-state index in [1.807, 2.05) is 42.5 Å². The Morgan fingerprint density at radius 1 is 1.03 bits per heavy atom. The Kier molecular flexibility index (Phi) is 5.96. The molecule has 1 aromatic heterocycles. The smallest absolute Gasteiger partial charge is 0.266 e. The maximum Gasteiger partial charge on any atom is 0.266 e. The molecule has 4 rings (SSSR count). The Morgan fingerprint density at radius 3 is 2.57 bits per heavy atom. The fourth-order valence-electron chi connectivity index (χ4n) is 3.19. The van der Waals surface area contributed by atoms with E-state index in [0.29, 0.717) is 33.7 Å². The average Bonchev–Trinajstić information content (AvgIpc) is 3.04. The Hall–Kier alpha value is -2.97. The minimum absolute atomic E-state index is 0.0790. The third kappa shape index (κ3) is 4.15. The van der Waals surface area contributed by atoms with Crippen LogP contribution in [0.5, 0.6) is 11.5 Å². The first-order chi connectivity index (χ1) is 14.6. The molecule has 0 saturated carbocycles. The molecule has 0 aliphatic carbocycles. The molecule has 0 atom stereocenters. The number of nitrogens with zero attached hydrogens (tertiary/aromatic N) is 3. The lowest BCUT2D eigenvalue weighted by molar-refractivity contribution is -0.122. The highest BCUT2D eigenvalue weighted by molar-refractivity contribution is 8.26. The van der Waals surface area contributed by atoms with Crippen LogP contribution in [-0.4, -0.2) is 45.9 Å². The number of aromatic nitrogens is 2. The zero-order valence-corrected chi connectivity index (χ0v) is 18.1. The van der Waals surface area contributed by atoms with Crippen molar-refractivity contribution in [2.45, 2.75) is 6.42 Å². The van der Waals surface area contributed by atoms with Crippen molar-refractivity contribution in [2.24, 2.45) is 0 Å². The van der Waals surface area contributed by atoms with Crippen LogP contribution in [0.1, 0.15) is 11.1 Å². The summed E-state index contributed by atoms with van der Waals surface area (Å²) in [5.41, 5.74) is 3.54. The van der Waals surface area contributed by atoms with Crippen LogP contribution in [0.2, 0.25) is 0 Å². The molecule has 8 heteroatoms. The maximum atomic E-state index is 12.9. The van der Waals surface area contributed by atoms with E-state index >= 15 is 0 Å². The SMILES string of the molecule is COc1ccc(CCN2C(=O)/C(=C/c3ccc4nccnc4c3)SC2=S)cc1OC. The van der Waals surface area contributed by atoms with E-state index < -0.39 is 0 Å². The van der Waals surface area contributed by atoms with Crippen LogP contribution in [0.3, 0.4) is 0 Å². The normalized spacial score (nSPS) is 15.3. The summed E-state index contributed by atoms with van der Waals surface area (Å²) in [6.45, 7) is 0.501. The number of carbonyl (C=O) groups excluding carboxylic acids is 1. The fourth-order valence-corrected chi connectivity index (χ4v) is 4.50. The number of fused-ring (bicyclic) bond motifs is 1. The van der Waals surface area contributed by atoms with Crippen LogP contribution >= 0.6 is 24.0 Å². The fraction of sp³-hybridized carbons (Fsp3) is 0.182. The monoisotopic (exact) mass is 437 g/mol. The second-order valence-corrected chi connectivity index (χ2v) is 8.25. The van der Waals surface area contributed by atoms with Crippen molar-refractivity contribution in [1.82, 2.24) is 14.9 Å². The zero-order valence-electron chi connectivity index (χ0n) is 16.5. The van der Waals surface area contributed by atoms with Gasteiger partial charge in [-0.15, -0.1) is 0 Å². The molecule has 6 nitrogen and oxygen atoms in total. The summed E-state index contributed by atoms with van der Waals surface area (Å²) in [6, 6.07) is 11.5. The maximum absolute atomic E-state index is 12.9. The molecular formula is C22H19N3O3S2. The Balaban J connectivity index is 1.49. The summed E-state index contributed by atoms with van der Waals surface area (Å²) in [5, 5.41) is 0. The number of methoxy groups -OCH3 is 2. The first-order valence-electron chi connectivity index (χ1n) is 9.26.